The molecule has 180 valence electrons. The molecule has 1 amide bonds. The average Bonchev–Trinajstić information content (AvgIpc) is 3.32. The van der Waals surface area contributed by atoms with Crippen LogP contribution in [0.25, 0.3) is 11.4 Å². The van der Waals surface area contributed by atoms with Gasteiger partial charge in [0, 0.05) is 12.1 Å². The third-order valence-electron chi connectivity index (χ3n) is 5.96. The molecule has 3 aromatic rings. The van der Waals surface area contributed by atoms with Crippen molar-refractivity contribution in [2.24, 2.45) is 5.92 Å². The van der Waals surface area contributed by atoms with Crippen LogP contribution in [0, 0.1) is 12.8 Å². The molecule has 1 fully saturated rings. The number of benzene rings is 2. The molecule has 0 bridgehead atoms. The van der Waals surface area contributed by atoms with Crippen molar-refractivity contribution in [2.75, 3.05) is 26.8 Å². The van der Waals surface area contributed by atoms with Crippen molar-refractivity contribution in [1.82, 2.24) is 20.4 Å². The number of nitrogens with one attached hydrogen (secondary N) is 1. The van der Waals surface area contributed by atoms with Gasteiger partial charge in [0.1, 0.15) is 18.1 Å². The van der Waals surface area contributed by atoms with Crippen LogP contribution < -0.4 is 14.8 Å². The highest BCUT2D eigenvalue weighted by Gasteiger charge is 2.27. The van der Waals surface area contributed by atoms with Crippen LogP contribution in [0.2, 0.25) is 0 Å². The number of hydrogen-bond acceptors (Lipinski definition) is 7. The molecule has 0 radical (unpaired) electrons. The second-order valence-corrected chi connectivity index (χ2v) is 8.85. The van der Waals surface area contributed by atoms with Crippen molar-refractivity contribution < 1.29 is 18.8 Å². The van der Waals surface area contributed by atoms with Crippen LogP contribution in [-0.4, -0.2) is 53.8 Å². The van der Waals surface area contributed by atoms with Gasteiger partial charge in [0.25, 0.3) is 0 Å². The Morgan fingerprint density at radius 3 is 2.65 bits per heavy atom. The predicted octanol–water partition coefficient (Wildman–Crippen LogP) is 3.85. The summed E-state index contributed by atoms with van der Waals surface area (Å²) in [5.74, 6) is 2.68. The number of aromatic nitrogens is 2. The van der Waals surface area contributed by atoms with Gasteiger partial charge in [-0.15, -0.1) is 0 Å². The second-order valence-electron chi connectivity index (χ2n) is 8.85. The fourth-order valence-corrected chi connectivity index (χ4v) is 4.04. The fourth-order valence-electron chi connectivity index (χ4n) is 4.04. The van der Waals surface area contributed by atoms with Crippen LogP contribution in [-0.2, 0) is 11.3 Å². The zero-order chi connectivity index (χ0) is 23.9. The monoisotopic (exact) mass is 464 g/mol. The number of nitrogens with zero attached hydrogens (tertiary/aromatic N) is 3. The van der Waals surface area contributed by atoms with E-state index in [1.54, 1.807) is 7.11 Å². The molecule has 2 atom stereocenters. The Hall–Kier alpha value is -3.39. The minimum Gasteiger partial charge on any atom is -0.497 e. The van der Waals surface area contributed by atoms with Gasteiger partial charge in [-0.05, 0) is 69.6 Å². The standard InChI is InChI=1S/C26H32N4O4/c1-18-6-10-23(11-7-18)33-17-19(2)27-26(31)21-5-4-14-30(15-21)16-24-28-25(29-34-24)20-8-12-22(32-3)13-9-20/h6-13,19,21H,4-5,14-17H2,1-3H3,(H,27,31). The number of carbonyl (C=O) groups is 1. The van der Waals surface area contributed by atoms with E-state index in [1.165, 1.54) is 5.56 Å². The Bertz CT molecular complexity index is 1070. The van der Waals surface area contributed by atoms with Gasteiger partial charge in [-0.3, -0.25) is 9.69 Å². The van der Waals surface area contributed by atoms with Crippen LogP contribution in [0.3, 0.4) is 0 Å². The van der Waals surface area contributed by atoms with E-state index in [2.05, 4.69) is 20.4 Å². The molecular formula is C26H32N4O4. The largest absolute Gasteiger partial charge is 0.497 e. The molecule has 1 aromatic heterocycles. The van der Waals surface area contributed by atoms with E-state index in [0.717, 1.165) is 36.4 Å². The molecule has 8 nitrogen and oxygen atoms in total. The van der Waals surface area contributed by atoms with E-state index in [9.17, 15) is 4.79 Å². The number of carbonyl (C=O) groups excluding carboxylic acids is 1. The van der Waals surface area contributed by atoms with Gasteiger partial charge in [-0.25, -0.2) is 0 Å². The summed E-state index contributed by atoms with van der Waals surface area (Å²) in [5, 5.41) is 7.20. The summed E-state index contributed by atoms with van der Waals surface area (Å²) >= 11 is 0. The number of methoxy groups -OCH3 is 1. The molecule has 2 aromatic carbocycles. The lowest BCUT2D eigenvalue weighted by molar-refractivity contribution is -0.127. The van der Waals surface area contributed by atoms with Crippen molar-refractivity contribution >= 4 is 5.91 Å². The Labute approximate surface area is 200 Å². The number of amides is 1. The van der Waals surface area contributed by atoms with Gasteiger partial charge in [0.05, 0.1) is 25.6 Å². The van der Waals surface area contributed by atoms with Crippen LogP contribution in [0.1, 0.15) is 31.2 Å². The van der Waals surface area contributed by atoms with E-state index in [1.807, 2.05) is 62.4 Å². The van der Waals surface area contributed by atoms with E-state index in [-0.39, 0.29) is 17.9 Å². The predicted molar refractivity (Wildman–Crippen MR) is 129 cm³/mol. The summed E-state index contributed by atoms with van der Waals surface area (Å²) in [7, 11) is 1.63. The Morgan fingerprint density at radius 1 is 1.18 bits per heavy atom. The van der Waals surface area contributed by atoms with Crippen molar-refractivity contribution in [1.29, 1.82) is 0 Å². The molecule has 34 heavy (non-hydrogen) atoms. The second kappa shape index (κ2) is 11.2. The molecule has 4 rings (SSSR count). The normalized spacial score (nSPS) is 17.2. The van der Waals surface area contributed by atoms with Gasteiger partial charge < -0.3 is 19.3 Å². The summed E-state index contributed by atoms with van der Waals surface area (Å²) in [6.07, 6.45) is 1.82. The third-order valence-corrected chi connectivity index (χ3v) is 5.96. The summed E-state index contributed by atoms with van der Waals surface area (Å²) in [6, 6.07) is 15.4. The minimum absolute atomic E-state index is 0.0640. The van der Waals surface area contributed by atoms with Gasteiger partial charge in [-0.2, -0.15) is 4.98 Å². The quantitative estimate of drug-likeness (QED) is 0.514. The Kier molecular flexibility index (Phi) is 7.80. The summed E-state index contributed by atoms with van der Waals surface area (Å²) < 4.78 is 16.5. The molecule has 1 aliphatic heterocycles. The van der Waals surface area contributed by atoms with Crippen molar-refractivity contribution in [3.63, 3.8) is 0 Å². The highest BCUT2D eigenvalue weighted by Crippen LogP contribution is 2.22. The van der Waals surface area contributed by atoms with Crippen molar-refractivity contribution in [3.8, 4) is 22.9 Å². The number of rotatable bonds is 9. The topological polar surface area (TPSA) is 89.7 Å². The maximum absolute atomic E-state index is 12.8. The lowest BCUT2D eigenvalue weighted by Gasteiger charge is -2.31. The maximum atomic E-state index is 12.8. The number of likely N-dealkylation sites (tertiary alicyclic amines) is 1. The van der Waals surface area contributed by atoms with Gasteiger partial charge in [-0.1, -0.05) is 22.9 Å². The minimum atomic E-state index is -0.0767. The number of hydrogen-bond donors (Lipinski definition) is 1. The number of aryl methyl sites for hydroxylation is 1. The molecule has 2 heterocycles. The first kappa shape index (κ1) is 23.8. The fraction of sp³-hybridized carbons (Fsp3) is 0.423. The first-order chi connectivity index (χ1) is 16.5. The van der Waals surface area contributed by atoms with E-state index >= 15 is 0 Å². The Morgan fingerprint density at radius 2 is 1.91 bits per heavy atom. The smallest absolute Gasteiger partial charge is 0.241 e. The van der Waals surface area contributed by atoms with Crippen molar-refractivity contribution in [3.05, 3.63) is 60.0 Å². The SMILES string of the molecule is COc1ccc(-c2noc(CN3CCCC(C(=O)NC(C)COc4ccc(C)cc4)C3)n2)cc1. The average molecular weight is 465 g/mol. The number of piperidine rings is 1. The van der Waals surface area contributed by atoms with Gasteiger partial charge >= 0.3 is 0 Å². The van der Waals surface area contributed by atoms with E-state index in [4.69, 9.17) is 14.0 Å². The molecule has 1 saturated heterocycles. The highest BCUT2D eigenvalue weighted by atomic mass is 16.5. The first-order valence-electron chi connectivity index (χ1n) is 11.7. The lowest BCUT2D eigenvalue weighted by Crippen LogP contribution is -2.46. The summed E-state index contributed by atoms with van der Waals surface area (Å²) in [4.78, 5) is 19.6. The van der Waals surface area contributed by atoms with Gasteiger partial charge in [0.2, 0.25) is 17.6 Å². The van der Waals surface area contributed by atoms with E-state index < -0.39 is 0 Å². The molecule has 2 unspecified atom stereocenters. The zero-order valence-corrected chi connectivity index (χ0v) is 20.0. The van der Waals surface area contributed by atoms with Crippen molar-refractivity contribution in [2.45, 2.75) is 39.3 Å². The molecule has 0 aliphatic carbocycles. The van der Waals surface area contributed by atoms with Crippen LogP contribution in [0.4, 0.5) is 0 Å². The molecule has 8 heteroatoms. The zero-order valence-electron chi connectivity index (χ0n) is 20.0. The van der Waals surface area contributed by atoms with Crippen LogP contribution >= 0.6 is 0 Å². The number of ether oxygens (including phenoxy) is 2. The molecule has 0 spiro atoms. The third kappa shape index (κ3) is 6.35. The maximum Gasteiger partial charge on any atom is 0.241 e. The summed E-state index contributed by atoms with van der Waals surface area (Å²) in [5.41, 5.74) is 2.06. The van der Waals surface area contributed by atoms with E-state index in [0.29, 0.717) is 31.4 Å². The summed E-state index contributed by atoms with van der Waals surface area (Å²) in [6.45, 7) is 6.53. The first-order valence-corrected chi connectivity index (χ1v) is 11.7. The molecule has 0 saturated carbocycles. The molecule has 1 N–H and O–H groups in total. The van der Waals surface area contributed by atoms with Crippen LogP contribution in [0.15, 0.2) is 53.1 Å². The lowest BCUT2D eigenvalue weighted by atomic mass is 9.97. The van der Waals surface area contributed by atoms with Crippen LogP contribution in [0.5, 0.6) is 11.5 Å². The molecular weight excluding hydrogens is 432 g/mol. The highest BCUT2D eigenvalue weighted by molar-refractivity contribution is 5.79. The Balaban J connectivity index is 1.26. The molecule has 1 aliphatic rings. The van der Waals surface area contributed by atoms with Gasteiger partial charge in [0.15, 0.2) is 0 Å².